The average molecular weight is 393 g/mol. The van der Waals surface area contributed by atoms with Crippen molar-refractivity contribution in [2.75, 3.05) is 54.5 Å². The van der Waals surface area contributed by atoms with Gasteiger partial charge < -0.3 is 19.9 Å². The summed E-state index contributed by atoms with van der Waals surface area (Å²) < 4.78 is 5.41. The van der Waals surface area contributed by atoms with Crippen LogP contribution in [-0.2, 0) is 4.74 Å². The van der Waals surface area contributed by atoms with Crippen molar-refractivity contribution in [2.45, 2.75) is 32.7 Å². The molecular weight excluding hydrogens is 366 g/mol. The number of ether oxygens (including phenoxy) is 1. The first kappa shape index (κ1) is 19.4. The second-order valence-electron chi connectivity index (χ2n) is 7.64. The van der Waals surface area contributed by atoms with E-state index in [1.165, 1.54) is 0 Å². The summed E-state index contributed by atoms with van der Waals surface area (Å²) >= 11 is 0. The van der Waals surface area contributed by atoms with Crippen molar-refractivity contribution < 1.29 is 4.74 Å². The Balaban J connectivity index is 1.39. The van der Waals surface area contributed by atoms with Gasteiger partial charge in [-0.3, -0.25) is 0 Å². The van der Waals surface area contributed by atoms with Crippen LogP contribution in [0.5, 0.6) is 0 Å². The molecule has 1 N–H and O–H groups in total. The minimum absolute atomic E-state index is 0.343. The maximum atomic E-state index is 9.55. The highest BCUT2D eigenvalue weighted by molar-refractivity contribution is 5.58. The van der Waals surface area contributed by atoms with E-state index in [1.54, 1.807) is 0 Å². The Hall–Kier alpha value is -2.92. The predicted octanol–water partition coefficient (Wildman–Crippen LogP) is 2.28. The van der Waals surface area contributed by atoms with Crippen LogP contribution in [0.3, 0.4) is 0 Å². The molecule has 0 saturated carbocycles. The number of hydrogen-bond donors (Lipinski definition) is 1. The molecule has 0 radical (unpaired) electrons. The van der Waals surface area contributed by atoms with Crippen LogP contribution in [0.4, 0.5) is 17.6 Å². The highest BCUT2D eigenvalue weighted by Crippen LogP contribution is 2.26. The number of nitrogens with zero attached hydrogens (tertiary/aromatic N) is 6. The van der Waals surface area contributed by atoms with Crippen LogP contribution in [0.2, 0.25) is 0 Å². The van der Waals surface area contributed by atoms with E-state index in [0.29, 0.717) is 11.6 Å². The van der Waals surface area contributed by atoms with E-state index < -0.39 is 0 Å². The van der Waals surface area contributed by atoms with Gasteiger partial charge >= 0.3 is 0 Å². The molecule has 0 spiro atoms. The van der Waals surface area contributed by atoms with Gasteiger partial charge in [-0.1, -0.05) is 0 Å². The standard InChI is InChI=1S/C21H27N7O/c1-15-13-16(2)24-20(18(15)14-22)27-7-4-17(5-8-27)25-19-3-6-23-21(26-19)28-9-11-29-12-10-28/h3,6,13,17H,4-5,7-12H2,1-2H3,(H,23,25,26). The first-order valence-corrected chi connectivity index (χ1v) is 10.2. The van der Waals surface area contributed by atoms with Gasteiger partial charge in [0.2, 0.25) is 5.95 Å². The lowest BCUT2D eigenvalue weighted by atomic mass is 10.0. The first-order chi connectivity index (χ1) is 14.1. The lowest BCUT2D eigenvalue weighted by molar-refractivity contribution is 0.122. The molecule has 8 heteroatoms. The Morgan fingerprint density at radius 2 is 1.86 bits per heavy atom. The van der Waals surface area contributed by atoms with E-state index in [-0.39, 0.29) is 0 Å². The van der Waals surface area contributed by atoms with Gasteiger partial charge in [-0.25, -0.2) is 9.97 Å². The van der Waals surface area contributed by atoms with Crippen molar-refractivity contribution in [1.29, 1.82) is 5.26 Å². The molecule has 0 unspecified atom stereocenters. The number of aryl methyl sites for hydroxylation is 2. The fourth-order valence-electron chi connectivity index (χ4n) is 3.97. The van der Waals surface area contributed by atoms with Gasteiger partial charge in [0.15, 0.2) is 0 Å². The number of aromatic nitrogens is 3. The monoisotopic (exact) mass is 393 g/mol. The first-order valence-electron chi connectivity index (χ1n) is 10.2. The van der Waals surface area contributed by atoms with E-state index in [0.717, 1.165) is 81.1 Å². The zero-order valence-corrected chi connectivity index (χ0v) is 17.1. The van der Waals surface area contributed by atoms with Crippen molar-refractivity contribution in [3.63, 3.8) is 0 Å². The third kappa shape index (κ3) is 4.40. The number of anilines is 3. The largest absolute Gasteiger partial charge is 0.378 e. The van der Waals surface area contributed by atoms with E-state index in [4.69, 9.17) is 9.72 Å². The number of pyridine rings is 1. The van der Waals surface area contributed by atoms with Crippen LogP contribution in [-0.4, -0.2) is 60.4 Å². The van der Waals surface area contributed by atoms with Crippen LogP contribution in [0.15, 0.2) is 18.3 Å². The summed E-state index contributed by atoms with van der Waals surface area (Å²) in [5, 5.41) is 13.1. The third-order valence-corrected chi connectivity index (χ3v) is 5.52. The Bertz CT molecular complexity index is 896. The summed E-state index contributed by atoms with van der Waals surface area (Å²) in [5.41, 5.74) is 2.63. The van der Waals surface area contributed by atoms with Crippen molar-refractivity contribution >= 4 is 17.6 Å². The van der Waals surface area contributed by atoms with Crippen LogP contribution < -0.4 is 15.1 Å². The molecule has 2 aromatic rings. The van der Waals surface area contributed by atoms with Crippen molar-refractivity contribution in [1.82, 2.24) is 15.0 Å². The number of piperidine rings is 1. The predicted molar refractivity (Wildman–Crippen MR) is 112 cm³/mol. The van der Waals surface area contributed by atoms with Gasteiger partial charge in [-0.05, 0) is 44.4 Å². The Kier molecular flexibility index (Phi) is 5.76. The molecule has 2 aliphatic rings. The van der Waals surface area contributed by atoms with Crippen LogP contribution in [0.1, 0.15) is 29.7 Å². The van der Waals surface area contributed by atoms with Gasteiger partial charge in [0.05, 0.1) is 18.8 Å². The van der Waals surface area contributed by atoms with Crippen LogP contribution >= 0.6 is 0 Å². The lowest BCUT2D eigenvalue weighted by Crippen LogP contribution is -2.40. The van der Waals surface area contributed by atoms with Crippen molar-refractivity contribution in [3.05, 3.63) is 35.2 Å². The Morgan fingerprint density at radius 1 is 1.10 bits per heavy atom. The molecule has 2 aliphatic heterocycles. The molecular formula is C21H27N7O. The Labute approximate surface area is 171 Å². The maximum Gasteiger partial charge on any atom is 0.227 e. The molecule has 29 heavy (non-hydrogen) atoms. The van der Waals surface area contributed by atoms with Gasteiger partial charge in [0.25, 0.3) is 0 Å². The fourth-order valence-corrected chi connectivity index (χ4v) is 3.97. The minimum atomic E-state index is 0.343. The third-order valence-electron chi connectivity index (χ3n) is 5.52. The molecule has 152 valence electrons. The number of nitriles is 1. The molecule has 0 atom stereocenters. The Morgan fingerprint density at radius 3 is 2.59 bits per heavy atom. The quantitative estimate of drug-likeness (QED) is 0.846. The number of nitrogens with one attached hydrogen (secondary N) is 1. The molecule has 8 nitrogen and oxygen atoms in total. The molecule has 2 aromatic heterocycles. The highest BCUT2D eigenvalue weighted by atomic mass is 16.5. The van der Waals surface area contributed by atoms with Crippen LogP contribution in [0.25, 0.3) is 0 Å². The minimum Gasteiger partial charge on any atom is -0.378 e. The van der Waals surface area contributed by atoms with E-state index in [1.807, 2.05) is 32.2 Å². The summed E-state index contributed by atoms with van der Waals surface area (Å²) in [5.74, 6) is 2.44. The molecule has 4 heterocycles. The molecule has 2 fully saturated rings. The summed E-state index contributed by atoms with van der Waals surface area (Å²) in [6, 6.07) is 6.57. The van der Waals surface area contributed by atoms with Gasteiger partial charge in [-0.2, -0.15) is 10.2 Å². The zero-order valence-electron chi connectivity index (χ0n) is 17.1. The number of morpholine rings is 1. The topological polar surface area (TPSA) is 90.2 Å². The molecule has 0 amide bonds. The SMILES string of the molecule is Cc1cc(C)c(C#N)c(N2CCC(Nc3ccnc(N4CCOCC4)n3)CC2)n1. The highest BCUT2D eigenvalue weighted by Gasteiger charge is 2.23. The fraction of sp³-hybridized carbons (Fsp3) is 0.524. The molecule has 2 saturated heterocycles. The molecule has 4 rings (SSSR count). The van der Waals surface area contributed by atoms with Crippen LogP contribution in [0, 0.1) is 25.2 Å². The van der Waals surface area contributed by atoms with E-state index in [2.05, 4.69) is 31.2 Å². The smallest absolute Gasteiger partial charge is 0.227 e. The number of hydrogen-bond acceptors (Lipinski definition) is 8. The van der Waals surface area contributed by atoms with Gasteiger partial charge in [0.1, 0.15) is 17.7 Å². The normalized spacial score (nSPS) is 17.8. The second-order valence-corrected chi connectivity index (χ2v) is 7.64. The molecule has 0 aromatic carbocycles. The van der Waals surface area contributed by atoms with Crippen molar-refractivity contribution in [2.24, 2.45) is 0 Å². The summed E-state index contributed by atoms with van der Waals surface area (Å²) in [4.78, 5) is 18.2. The summed E-state index contributed by atoms with van der Waals surface area (Å²) in [6.45, 7) is 8.78. The van der Waals surface area contributed by atoms with E-state index in [9.17, 15) is 5.26 Å². The van der Waals surface area contributed by atoms with Crippen molar-refractivity contribution in [3.8, 4) is 6.07 Å². The number of rotatable bonds is 4. The van der Waals surface area contributed by atoms with E-state index >= 15 is 0 Å². The molecule has 0 bridgehead atoms. The lowest BCUT2D eigenvalue weighted by Gasteiger charge is -2.34. The maximum absolute atomic E-state index is 9.55. The summed E-state index contributed by atoms with van der Waals surface area (Å²) in [6.07, 6.45) is 3.75. The summed E-state index contributed by atoms with van der Waals surface area (Å²) in [7, 11) is 0. The average Bonchev–Trinajstić information content (AvgIpc) is 2.75. The second kappa shape index (κ2) is 8.62. The molecule has 0 aliphatic carbocycles. The zero-order chi connectivity index (χ0) is 20.2. The van der Waals surface area contributed by atoms with Gasteiger partial charge in [0, 0.05) is 44.1 Å². The van der Waals surface area contributed by atoms with Gasteiger partial charge in [-0.15, -0.1) is 0 Å².